The molecular weight excluding hydrogens is 362 g/mol. The number of benzene rings is 3. The van der Waals surface area contributed by atoms with Gasteiger partial charge in [0.15, 0.2) is 0 Å². The SMILES string of the molecule is COc1ccc2c(c1)cc(-c1ccc(C=O)cc1)n2CCOCc1ccccc1. The highest BCUT2D eigenvalue weighted by molar-refractivity contribution is 5.88. The quantitative estimate of drug-likeness (QED) is 0.303. The smallest absolute Gasteiger partial charge is 0.150 e. The number of rotatable bonds is 8. The first-order valence-corrected chi connectivity index (χ1v) is 9.63. The maximum Gasteiger partial charge on any atom is 0.150 e. The first kappa shape index (κ1) is 19.0. The summed E-state index contributed by atoms with van der Waals surface area (Å²) in [5.74, 6) is 0.831. The van der Waals surface area contributed by atoms with Gasteiger partial charge in [-0.1, -0.05) is 54.6 Å². The Balaban J connectivity index is 1.61. The van der Waals surface area contributed by atoms with Crippen LogP contribution in [-0.2, 0) is 17.9 Å². The van der Waals surface area contributed by atoms with Gasteiger partial charge in [0, 0.05) is 28.7 Å². The highest BCUT2D eigenvalue weighted by Gasteiger charge is 2.12. The van der Waals surface area contributed by atoms with Gasteiger partial charge in [-0.05, 0) is 35.4 Å². The molecule has 0 atom stereocenters. The van der Waals surface area contributed by atoms with Crippen LogP contribution in [0.3, 0.4) is 0 Å². The van der Waals surface area contributed by atoms with Gasteiger partial charge in [0.2, 0.25) is 0 Å². The van der Waals surface area contributed by atoms with Crippen molar-refractivity contribution in [2.45, 2.75) is 13.2 Å². The summed E-state index contributed by atoms with van der Waals surface area (Å²) in [5.41, 5.74) is 5.12. The van der Waals surface area contributed by atoms with Crippen LogP contribution in [0.15, 0.2) is 78.9 Å². The number of hydrogen-bond donors (Lipinski definition) is 0. The van der Waals surface area contributed by atoms with Crippen molar-refractivity contribution in [2.24, 2.45) is 0 Å². The minimum Gasteiger partial charge on any atom is -0.497 e. The molecule has 0 aliphatic heterocycles. The molecule has 1 aromatic heterocycles. The fourth-order valence-electron chi connectivity index (χ4n) is 3.51. The van der Waals surface area contributed by atoms with Crippen LogP contribution in [0.4, 0.5) is 0 Å². The maximum atomic E-state index is 11.0. The van der Waals surface area contributed by atoms with Crippen LogP contribution >= 0.6 is 0 Å². The zero-order valence-corrected chi connectivity index (χ0v) is 16.4. The molecule has 0 radical (unpaired) electrons. The molecule has 4 heteroatoms. The van der Waals surface area contributed by atoms with Gasteiger partial charge >= 0.3 is 0 Å². The van der Waals surface area contributed by atoms with Gasteiger partial charge in [0.05, 0.1) is 20.3 Å². The summed E-state index contributed by atoms with van der Waals surface area (Å²) in [4.78, 5) is 11.0. The van der Waals surface area contributed by atoms with Gasteiger partial charge in [-0.15, -0.1) is 0 Å². The van der Waals surface area contributed by atoms with Crippen LogP contribution in [0.5, 0.6) is 5.75 Å². The molecule has 0 N–H and O–H groups in total. The predicted octanol–water partition coefficient (Wildman–Crippen LogP) is 5.35. The first-order valence-electron chi connectivity index (χ1n) is 9.63. The Kier molecular flexibility index (Phi) is 5.73. The Labute approximate surface area is 170 Å². The molecule has 146 valence electrons. The summed E-state index contributed by atoms with van der Waals surface area (Å²) in [6.07, 6.45) is 0.863. The van der Waals surface area contributed by atoms with Crippen molar-refractivity contribution >= 4 is 17.2 Å². The molecule has 0 unspecified atom stereocenters. The molecule has 0 aliphatic carbocycles. The van der Waals surface area contributed by atoms with Gasteiger partial charge in [0.1, 0.15) is 12.0 Å². The molecule has 0 aliphatic rings. The molecule has 0 bridgehead atoms. The molecular formula is C25H23NO3. The van der Waals surface area contributed by atoms with Crippen molar-refractivity contribution in [3.8, 4) is 17.0 Å². The van der Waals surface area contributed by atoms with E-state index in [1.165, 1.54) is 5.56 Å². The number of fused-ring (bicyclic) bond motifs is 1. The molecule has 1 heterocycles. The van der Waals surface area contributed by atoms with E-state index in [1.807, 2.05) is 54.6 Å². The van der Waals surface area contributed by atoms with Crippen LogP contribution in [-0.4, -0.2) is 24.6 Å². The van der Waals surface area contributed by atoms with E-state index in [0.717, 1.165) is 40.7 Å². The van der Waals surface area contributed by atoms with Crippen molar-refractivity contribution in [3.63, 3.8) is 0 Å². The van der Waals surface area contributed by atoms with E-state index >= 15 is 0 Å². The topological polar surface area (TPSA) is 40.5 Å². The van der Waals surface area contributed by atoms with E-state index in [0.29, 0.717) is 18.8 Å². The molecule has 4 nitrogen and oxygen atoms in total. The Hall–Kier alpha value is -3.37. The fraction of sp³-hybridized carbons (Fsp3) is 0.160. The van der Waals surface area contributed by atoms with E-state index in [4.69, 9.17) is 9.47 Å². The molecule has 4 aromatic rings. The van der Waals surface area contributed by atoms with Crippen LogP contribution in [0, 0.1) is 0 Å². The zero-order valence-electron chi connectivity index (χ0n) is 16.4. The molecule has 4 rings (SSSR count). The lowest BCUT2D eigenvalue weighted by Crippen LogP contribution is -2.07. The van der Waals surface area contributed by atoms with Crippen molar-refractivity contribution < 1.29 is 14.3 Å². The summed E-state index contributed by atoms with van der Waals surface area (Å²) in [7, 11) is 1.68. The summed E-state index contributed by atoms with van der Waals surface area (Å²) < 4.78 is 13.6. The van der Waals surface area contributed by atoms with Crippen LogP contribution < -0.4 is 4.74 Å². The second kappa shape index (κ2) is 8.76. The molecule has 0 saturated carbocycles. The number of carbonyl (C=O) groups excluding carboxylic acids is 1. The third-order valence-corrected chi connectivity index (χ3v) is 5.02. The van der Waals surface area contributed by atoms with Crippen molar-refractivity contribution in [1.82, 2.24) is 4.57 Å². The van der Waals surface area contributed by atoms with Crippen LogP contribution in [0.25, 0.3) is 22.2 Å². The van der Waals surface area contributed by atoms with Crippen LogP contribution in [0.2, 0.25) is 0 Å². The first-order chi connectivity index (χ1) is 14.3. The standard InChI is InChI=1S/C25H23NO3/c1-28-23-11-12-24-22(15-23)16-25(21-9-7-19(17-27)8-10-21)26(24)13-14-29-18-20-5-3-2-4-6-20/h2-12,15-17H,13-14,18H2,1H3. The van der Waals surface area contributed by atoms with Gasteiger partial charge in [0.25, 0.3) is 0 Å². The van der Waals surface area contributed by atoms with E-state index in [1.54, 1.807) is 7.11 Å². The summed E-state index contributed by atoms with van der Waals surface area (Å²) in [6, 6.07) is 26.1. The lowest BCUT2D eigenvalue weighted by Gasteiger charge is -2.12. The number of aromatic nitrogens is 1. The van der Waals surface area contributed by atoms with E-state index in [2.05, 4.69) is 28.8 Å². The zero-order chi connectivity index (χ0) is 20.1. The molecule has 3 aromatic carbocycles. The van der Waals surface area contributed by atoms with Gasteiger partial charge < -0.3 is 14.0 Å². The molecule has 0 saturated heterocycles. The number of hydrogen-bond acceptors (Lipinski definition) is 3. The number of ether oxygens (including phenoxy) is 2. The highest BCUT2D eigenvalue weighted by Crippen LogP contribution is 2.30. The summed E-state index contributed by atoms with van der Waals surface area (Å²) in [5, 5.41) is 1.11. The third kappa shape index (κ3) is 4.23. The Morgan fingerprint density at radius 3 is 2.45 bits per heavy atom. The van der Waals surface area contributed by atoms with E-state index in [9.17, 15) is 4.79 Å². The second-order valence-electron chi connectivity index (χ2n) is 6.88. The Bertz CT molecular complexity index is 1100. The average Bonchev–Trinajstić information content (AvgIpc) is 3.15. The number of methoxy groups -OCH3 is 1. The summed E-state index contributed by atoms with van der Waals surface area (Å²) in [6.45, 7) is 1.93. The van der Waals surface area contributed by atoms with Crippen molar-refractivity contribution in [2.75, 3.05) is 13.7 Å². The highest BCUT2D eigenvalue weighted by atomic mass is 16.5. The molecule has 0 spiro atoms. The third-order valence-electron chi connectivity index (χ3n) is 5.02. The largest absolute Gasteiger partial charge is 0.497 e. The lowest BCUT2D eigenvalue weighted by atomic mass is 10.1. The van der Waals surface area contributed by atoms with Gasteiger partial charge in [-0.25, -0.2) is 0 Å². The second-order valence-corrected chi connectivity index (χ2v) is 6.88. The minimum atomic E-state index is 0.594. The molecule has 0 fully saturated rings. The van der Waals surface area contributed by atoms with Crippen molar-refractivity contribution in [1.29, 1.82) is 0 Å². The Morgan fingerprint density at radius 1 is 0.931 bits per heavy atom. The predicted molar refractivity (Wildman–Crippen MR) is 115 cm³/mol. The average molecular weight is 385 g/mol. The monoisotopic (exact) mass is 385 g/mol. The number of aldehydes is 1. The van der Waals surface area contributed by atoms with Crippen molar-refractivity contribution in [3.05, 3.63) is 90.0 Å². The van der Waals surface area contributed by atoms with Gasteiger partial charge in [-0.2, -0.15) is 0 Å². The number of carbonyl (C=O) groups is 1. The molecule has 29 heavy (non-hydrogen) atoms. The lowest BCUT2D eigenvalue weighted by molar-refractivity contribution is 0.112. The molecule has 0 amide bonds. The van der Waals surface area contributed by atoms with E-state index in [-0.39, 0.29) is 0 Å². The van der Waals surface area contributed by atoms with Gasteiger partial charge in [-0.3, -0.25) is 4.79 Å². The van der Waals surface area contributed by atoms with Crippen LogP contribution in [0.1, 0.15) is 15.9 Å². The normalized spacial score (nSPS) is 10.9. The minimum absolute atomic E-state index is 0.594. The number of nitrogens with zero attached hydrogens (tertiary/aromatic N) is 1. The maximum absolute atomic E-state index is 11.0. The van der Waals surface area contributed by atoms with E-state index < -0.39 is 0 Å². The summed E-state index contributed by atoms with van der Waals surface area (Å²) >= 11 is 0. The Morgan fingerprint density at radius 2 is 1.72 bits per heavy atom. The fourth-order valence-corrected chi connectivity index (χ4v) is 3.51.